The molecule has 0 aliphatic heterocycles. The number of fused-ring (bicyclic) bond motifs is 1. The zero-order valence-corrected chi connectivity index (χ0v) is 14.4. The molecule has 0 aromatic heterocycles. The zero-order chi connectivity index (χ0) is 17.8. The average Bonchev–Trinajstić information content (AvgIpc) is 3.07. The summed E-state index contributed by atoms with van der Waals surface area (Å²) in [5.74, 6) is 0.603. The minimum absolute atomic E-state index is 0.273. The van der Waals surface area contributed by atoms with Crippen LogP contribution < -0.4 is 14.2 Å². The first kappa shape index (κ1) is 16.8. The lowest BCUT2D eigenvalue weighted by Crippen LogP contribution is -2.06. The SMILES string of the molecule is COc1cc(C(=O)ON=C2Cc3ccccc3C2)cc(OC)c1OC. The molecule has 0 fully saturated rings. The normalized spacial score (nSPS) is 12.4. The van der Waals surface area contributed by atoms with Crippen molar-refractivity contribution in [2.24, 2.45) is 5.16 Å². The summed E-state index contributed by atoms with van der Waals surface area (Å²) in [6, 6.07) is 11.2. The van der Waals surface area contributed by atoms with E-state index in [2.05, 4.69) is 17.3 Å². The number of rotatable bonds is 5. The number of carbonyl (C=O) groups is 1. The van der Waals surface area contributed by atoms with E-state index in [1.54, 1.807) is 0 Å². The highest BCUT2D eigenvalue weighted by molar-refractivity contribution is 5.95. The van der Waals surface area contributed by atoms with Gasteiger partial charge in [0.25, 0.3) is 0 Å². The predicted octanol–water partition coefficient (Wildman–Crippen LogP) is 3.02. The number of oxime groups is 1. The van der Waals surface area contributed by atoms with Gasteiger partial charge in [-0.05, 0) is 23.3 Å². The van der Waals surface area contributed by atoms with Crippen LogP contribution in [-0.2, 0) is 17.7 Å². The molecule has 0 spiro atoms. The standard InChI is InChI=1S/C19H19NO5/c1-22-16-10-14(11-17(23-2)18(16)24-3)19(21)25-20-15-8-12-6-4-5-7-13(12)9-15/h4-7,10-11H,8-9H2,1-3H3. The fourth-order valence-electron chi connectivity index (χ4n) is 2.83. The quantitative estimate of drug-likeness (QED) is 0.618. The summed E-state index contributed by atoms with van der Waals surface area (Å²) in [6.45, 7) is 0. The van der Waals surface area contributed by atoms with Gasteiger partial charge in [-0.25, -0.2) is 4.79 Å². The van der Waals surface area contributed by atoms with Gasteiger partial charge in [-0.3, -0.25) is 0 Å². The molecule has 6 heteroatoms. The lowest BCUT2D eigenvalue weighted by atomic mass is 10.1. The van der Waals surface area contributed by atoms with Gasteiger partial charge in [0.2, 0.25) is 5.75 Å². The van der Waals surface area contributed by atoms with E-state index in [4.69, 9.17) is 19.0 Å². The smallest absolute Gasteiger partial charge is 0.365 e. The number of hydrogen-bond donors (Lipinski definition) is 0. The Kier molecular flexibility index (Phi) is 4.88. The van der Waals surface area contributed by atoms with E-state index in [-0.39, 0.29) is 5.56 Å². The average molecular weight is 341 g/mol. The van der Waals surface area contributed by atoms with E-state index in [1.807, 2.05) is 12.1 Å². The van der Waals surface area contributed by atoms with Crippen LogP contribution in [0.3, 0.4) is 0 Å². The summed E-state index contributed by atoms with van der Waals surface area (Å²) in [5.41, 5.74) is 3.52. The van der Waals surface area contributed by atoms with Crippen molar-refractivity contribution in [2.75, 3.05) is 21.3 Å². The molecule has 0 bridgehead atoms. The number of methoxy groups -OCH3 is 3. The topological polar surface area (TPSA) is 66.4 Å². The molecular formula is C19H19NO5. The van der Waals surface area contributed by atoms with Crippen LogP contribution in [0, 0.1) is 0 Å². The molecule has 1 aliphatic rings. The maximum atomic E-state index is 12.3. The van der Waals surface area contributed by atoms with Crippen LogP contribution >= 0.6 is 0 Å². The number of carbonyl (C=O) groups excluding carboxylic acids is 1. The van der Waals surface area contributed by atoms with Gasteiger partial charge in [-0.2, -0.15) is 0 Å². The molecule has 0 heterocycles. The Balaban J connectivity index is 1.77. The largest absolute Gasteiger partial charge is 0.493 e. The third-order valence-electron chi connectivity index (χ3n) is 4.07. The lowest BCUT2D eigenvalue weighted by molar-refractivity contribution is 0.0514. The number of nitrogens with zero attached hydrogens (tertiary/aromatic N) is 1. The van der Waals surface area contributed by atoms with Crippen LogP contribution in [0.1, 0.15) is 21.5 Å². The molecule has 0 N–H and O–H groups in total. The van der Waals surface area contributed by atoms with E-state index in [9.17, 15) is 4.79 Å². The predicted molar refractivity (Wildman–Crippen MR) is 92.8 cm³/mol. The Morgan fingerprint density at radius 1 is 0.920 bits per heavy atom. The van der Waals surface area contributed by atoms with Gasteiger partial charge in [0, 0.05) is 12.8 Å². The highest BCUT2D eigenvalue weighted by Crippen LogP contribution is 2.38. The molecule has 0 saturated carbocycles. The van der Waals surface area contributed by atoms with Crippen LogP contribution in [0.25, 0.3) is 0 Å². The van der Waals surface area contributed by atoms with Gasteiger partial charge >= 0.3 is 5.97 Å². The summed E-state index contributed by atoms with van der Waals surface area (Å²) in [5, 5.41) is 4.02. The van der Waals surface area contributed by atoms with Crippen molar-refractivity contribution in [1.29, 1.82) is 0 Å². The molecule has 6 nitrogen and oxygen atoms in total. The van der Waals surface area contributed by atoms with E-state index in [0.717, 1.165) is 5.71 Å². The van der Waals surface area contributed by atoms with E-state index >= 15 is 0 Å². The number of benzene rings is 2. The highest BCUT2D eigenvalue weighted by atomic mass is 16.7. The summed E-state index contributed by atoms with van der Waals surface area (Å²) in [6.07, 6.45) is 1.39. The van der Waals surface area contributed by atoms with Gasteiger partial charge in [-0.1, -0.05) is 29.4 Å². The van der Waals surface area contributed by atoms with E-state index < -0.39 is 5.97 Å². The Labute approximate surface area is 146 Å². The second kappa shape index (κ2) is 7.25. The van der Waals surface area contributed by atoms with Crippen LogP contribution in [0.4, 0.5) is 0 Å². The van der Waals surface area contributed by atoms with Gasteiger partial charge in [0.15, 0.2) is 11.5 Å². The van der Waals surface area contributed by atoms with Crippen LogP contribution in [-0.4, -0.2) is 33.0 Å². The van der Waals surface area contributed by atoms with Gasteiger partial charge in [0.1, 0.15) is 0 Å². The van der Waals surface area contributed by atoms with Crippen LogP contribution in [0.2, 0.25) is 0 Å². The van der Waals surface area contributed by atoms with Crippen molar-refractivity contribution in [3.05, 3.63) is 53.1 Å². The van der Waals surface area contributed by atoms with Crippen LogP contribution in [0.15, 0.2) is 41.6 Å². The molecular weight excluding hydrogens is 322 g/mol. The summed E-state index contributed by atoms with van der Waals surface area (Å²) in [4.78, 5) is 17.4. The van der Waals surface area contributed by atoms with Gasteiger partial charge in [0.05, 0.1) is 32.6 Å². The number of hydrogen-bond acceptors (Lipinski definition) is 6. The van der Waals surface area contributed by atoms with Crippen molar-refractivity contribution < 1.29 is 23.8 Å². The Morgan fingerprint density at radius 3 is 1.96 bits per heavy atom. The molecule has 25 heavy (non-hydrogen) atoms. The number of ether oxygens (including phenoxy) is 3. The van der Waals surface area contributed by atoms with Crippen LogP contribution in [0.5, 0.6) is 17.2 Å². The molecule has 130 valence electrons. The van der Waals surface area contributed by atoms with Crippen molar-refractivity contribution in [1.82, 2.24) is 0 Å². The van der Waals surface area contributed by atoms with Crippen molar-refractivity contribution >= 4 is 11.7 Å². The van der Waals surface area contributed by atoms with Gasteiger partial charge < -0.3 is 19.0 Å². The van der Waals surface area contributed by atoms with Gasteiger partial charge in [-0.15, -0.1) is 0 Å². The maximum absolute atomic E-state index is 12.3. The molecule has 0 amide bonds. The fourth-order valence-corrected chi connectivity index (χ4v) is 2.83. The third kappa shape index (κ3) is 3.42. The van der Waals surface area contributed by atoms with Crippen molar-refractivity contribution in [2.45, 2.75) is 12.8 Å². The molecule has 2 aromatic rings. The molecule has 1 aliphatic carbocycles. The molecule has 2 aromatic carbocycles. The van der Waals surface area contributed by atoms with Crippen molar-refractivity contribution in [3.63, 3.8) is 0 Å². The second-order valence-corrected chi connectivity index (χ2v) is 5.57. The van der Waals surface area contributed by atoms with E-state index in [1.165, 1.54) is 44.6 Å². The first-order chi connectivity index (χ1) is 12.2. The van der Waals surface area contributed by atoms with Crippen molar-refractivity contribution in [3.8, 4) is 17.2 Å². The molecule has 0 radical (unpaired) electrons. The highest BCUT2D eigenvalue weighted by Gasteiger charge is 2.20. The zero-order valence-electron chi connectivity index (χ0n) is 14.4. The first-order valence-electron chi connectivity index (χ1n) is 7.80. The Bertz CT molecular complexity index is 776. The molecule has 0 atom stereocenters. The second-order valence-electron chi connectivity index (χ2n) is 5.57. The Morgan fingerprint density at radius 2 is 1.48 bits per heavy atom. The summed E-state index contributed by atoms with van der Waals surface area (Å²) in [7, 11) is 4.48. The summed E-state index contributed by atoms with van der Waals surface area (Å²) < 4.78 is 15.7. The monoisotopic (exact) mass is 341 g/mol. The Hall–Kier alpha value is -3.02. The van der Waals surface area contributed by atoms with E-state index in [0.29, 0.717) is 30.1 Å². The first-order valence-corrected chi connectivity index (χ1v) is 7.80. The minimum atomic E-state index is -0.581. The molecule has 0 saturated heterocycles. The lowest BCUT2D eigenvalue weighted by Gasteiger charge is -2.13. The molecule has 3 rings (SSSR count). The maximum Gasteiger partial charge on any atom is 0.365 e. The summed E-state index contributed by atoms with van der Waals surface area (Å²) >= 11 is 0. The third-order valence-corrected chi connectivity index (χ3v) is 4.07. The molecule has 0 unspecified atom stereocenters. The minimum Gasteiger partial charge on any atom is -0.493 e. The fraction of sp³-hybridized carbons (Fsp3) is 0.263.